The first-order valence-electron chi connectivity index (χ1n) is 10.0. The van der Waals surface area contributed by atoms with Gasteiger partial charge in [0.05, 0.1) is 13.3 Å². The average Bonchev–Trinajstić information content (AvgIpc) is 2.82. The van der Waals surface area contributed by atoms with Crippen LogP contribution in [0.2, 0.25) is 0 Å². The molecule has 0 saturated heterocycles. The van der Waals surface area contributed by atoms with E-state index in [2.05, 4.69) is 57.4 Å². The molecule has 0 atom stereocenters. The number of nitrogens with zero attached hydrogens (tertiary/aromatic N) is 1. The lowest BCUT2D eigenvalue weighted by atomic mass is 10.1. The second-order valence-electron chi connectivity index (χ2n) is 7.05. The highest BCUT2D eigenvalue weighted by molar-refractivity contribution is 14.1. The number of ether oxygens (including phenoxy) is 2. The molecule has 4 aromatic rings. The van der Waals surface area contributed by atoms with Gasteiger partial charge in [0.2, 0.25) is 0 Å². The molecule has 1 amide bonds. The van der Waals surface area contributed by atoms with Crippen molar-refractivity contribution < 1.29 is 14.3 Å². The fourth-order valence-corrected chi connectivity index (χ4v) is 3.86. The SMILES string of the molecule is COc1ccc(/C=N\NC(=O)c2cccc(I)c2)cc1OCc1cccc2ccccc12. The molecule has 0 radical (unpaired) electrons. The van der Waals surface area contributed by atoms with Crippen molar-refractivity contribution in [1.82, 2.24) is 5.43 Å². The van der Waals surface area contributed by atoms with Crippen LogP contribution in [0.1, 0.15) is 21.5 Å². The lowest BCUT2D eigenvalue weighted by Gasteiger charge is -2.13. The Hall–Kier alpha value is -3.39. The van der Waals surface area contributed by atoms with Gasteiger partial charge in [-0.25, -0.2) is 5.43 Å². The van der Waals surface area contributed by atoms with E-state index in [0.717, 1.165) is 20.1 Å². The van der Waals surface area contributed by atoms with Crippen LogP contribution in [-0.2, 0) is 6.61 Å². The first kappa shape index (κ1) is 21.8. The van der Waals surface area contributed by atoms with Crippen LogP contribution in [0, 0.1) is 3.57 Å². The van der Waals surface area contributed by atoms with E-state index in [1.807, 2.05) is 48.5 Å². The zero-order chi connectivity index (χ0) is 22.3. The lowest BCUT2D eigenvalue weighted by Crippen LogP contribution is -2.17. The van der Waals surface area contributed by atoms with Crippen molar-refractivity contribution >= 4 is 45.5 Å². The summed E-state index contributed by atoms with van der Waals surface area (Å²) in [5, 5.41) is 6.41. The number of hydrazone groups is 1. The smallest absolute Gasteiger partial charge is 0.271 e. The van der Waals surface area contributed by atoms with E-state index in [0.29, 0.717) is 23.7 Å². The summed E-state index contributed by atoms with van der Waals surface area (Å²) in [6.07, 6.45) is 1.58. The molecular formula is C26H21IN2O3. The number of hydrogen-bond acceptors (Lipinski definition) is 4. The van der Waals surface area contributed by atoms with E-state index in [-0.39, 0.29) is 5.91 Å². The fraction of sp³-hybridized carbons (Fsp3) is 0.0769. The maximum absolute atomic E-state index is 12.2. The third kappa shape index (κ3) is 5.26. The monoisotopic (exact) mass is 536 g/mol. The van der Waals surface area contributed by atoms with Crippen LogP contribution in [0.5, 0.6) is 11.5 Å². The van der Waals surface area contributed by atoms with Gasteiger partial charge in [0.25, 0.3) is 5.91 Å². The van der Waals surface area contributed by atoms with Crippen molar-refractivity contribution in [3.8, 4) is 11.5 Å². The highest BCUT2D eigenvalue weighted by Crippen LogP contribution is 2.29. The molecule has 160 valence electrons. The molecule has 4 rings (SSSR count). The quantitative estimate of drug-likeness (QED) is 0.185. The molecule has 0 aliphatic carbocycles. The first-order chi connectivity index (χ1) is 15.6. The molecule has 5 nitrogen and oxygen atoms in total. The van der Waals surface area contributed by atoms with Crippen molar-refractivity contribution in [2.24, 2.45) is 5.10 Å². The van der Waals surface area contributed by atoms with Gasteiger partial charge in [-0.3, -0.25) is 4.79 Å². The molecule has 0 aliphatic rings. The molecule has 0 heterocycles. The van der Waals surface area contributed by atoms with Gasteiger partial charge in [-0.2, -0.15) is 5.10 Å². The van der Waals surface area contributed by atoms with Crippen LogP contribution >= 0.6 is 22.6 Å². The standard InChI is InChI=1S/C26H21IN2O3/c1-31-24-13-12-18(16-28-29-26(30)20-8-5-10-22(27)15-20)14-25(24)32-17-21-9-4-7-19-6-2-3-11-23(19)21/h2-16H,17H2,1H3,(H,29,30)/b28-16-. The van der Waals surface area contributed by atoms with Gasteiger partial charge in [-0.1, -0.05) is 48.5 Å². The van der Waals surface area contributed by atoms with Gasteiger partial charge >= 0.3 is 0 Å². The van der Waals surface area contributed by atoms with E-state index < -0.39 is 0 Å². The third-order valence-electron chi connectivity index (χ3n) is 4.92. The largest absolute Gasteiger partial charge is 0.493 e. The van der Waals surface area contributed by atoms with Crippen molar-refractivity contribution in [2.75, 3.05) is 7.11 Å². The zero-order valence-corrected chi connectivity index (χ0v) is 19.6. The van der Waals surface area contributed by atoms with Crippen LogP contribution in [0.4, 0.5) is 0 Å². The molecule has 0 aromatic heterocycles. The molecule has 0 bridgehead atoms. The molecule has 4 aromatic carbocycles. The Morgan fingerprint density at radius 1 is 0.969 bits per heavy atom. The van der Waals surface area contributed by atoms with E-state index >= 15 is 0 Å². The number of nitrogens with one attached hydrogen (secondary N) is 1. The van der Waals surface area contributed by atoms with Crippen molar-refractivity contribution in [2.45, 2.75) is 6.61 Å². The summed E-state index contributed by atoms with van der Waals surface area (Å²) in [7, 11) is 1.61. The summed E-state index contributed by atoms with van der Waals surface area (Å²) in [5.74, 6) is 0.972. The summed E-state index contributed by atoms with van der Waals surface area (Å²) >= 11 is 2.17. The summed E-state index contributed by atoms with van der Waals surface area (Å²) in [5.41, 5.74) is 4.98. The van der Waals surface area contributed by atoms with E-state index in [4.69, 9.17) is 9.47 Å². The van der Waals surface area contributed by atoms with E-state index in [1.165, 1.54) is 5.39 Å². The van der Waals surface area contributed by atoms with Crippen LogP contribution < -0.4 is 14.9 Å². The highest BCUT2D eigenvalue weighted by atomic mass is 127. The highest BCUT2D eigenvalue weighted by Gasteiger charge is 2.08. The third-order valence-corrected chi connectivity index (χ3v) is 5.59. The van der Waals surface area contributed by atoms with Gasteiger partial charge in [0, 0.05) is 9.13 Å². The minimum Gasteiger partial charge on any atom is -0.493 e. The number of carbonyl (C=O) groups excluding carboxylic acids is 1. The predicted molar refractivity (Wildman–Crippen MR) is 135 cm³/mol. The van der Waals surface area contributed by atoms with Crippen LogP contribution in [0.3, 0.4) is 0 Å². The Balaban J connectivity index is 1.47. The number of amides is 1. The second kappa shape index (κ2) is 10.3. The summed E-state index contributed by atoms with van der Waals surface area (Å²) < 4.78 is 12.5. The van der Waals surface area contributed by atoms with E-state index in [1.54, 1.807) is 25.5 Å². The molecular weight excluding hydrogens is 515 g/mol. The molecule has 32 heavy (non-hydrogen) atoms. The summed E-state index contributed by atoms with van der Waals surface area (Å²) in [6.45, 7) is 0.404. The normalized spacial score (nSPS) is 10.9. The Bertz CT molecular complexity index is 1280. The Morgan fingerprint density at radius 3 is 2.62 bits per heavy atom. The van der Waals surface area contributed by atoms with E-state index in [9.17, 15) is 4.79 Å². The lowest BCUT2D eigenvalue weighted by molar-refractivity contribution is 0.0955. The van der Waals surface area contributed by atoms with Crippen LogP contribution in [-0.4, -0.2) is 19.2 Å². The molecule has 6 heteroatoms. The Labute approximate surface area is 200 Å². The number of carbonyl (C=O) groups is 1. The fourth-order valence-electron chi connectivity index (χ4n) is 3.32. The second-order valence-corrected chi connectivity index (χ2v) is 8.29. The molecule has 1 N–H and O–H groups in total. The Kier molecular flexibility index (Phi) is 7.01. The van der Waals surface area contributed by atoms with Gasteiger partial charge in [-0.05, 0) is 80.9 Å². The number of halogens is 1. The summed E-state index contributed by atoms with van der Waals surface area (Å²) in [4.78, 5) is 12.2. The van der Waals surface area contributed by atoms with Gasteiger partial charge in [0.15, 0.2) is 11.5 Å². The summed E-state index contributed by atoms with van der Waals surface area (Å²) in [6, 6.07) is 27.2. The topological polar surface area (TPSA) is 59.9 Å². The molecule has 0 unspecified atom stereocenters. The van der Waals surface area contributed by atoms with Crippen molar-refractivity contribution in [1.29, 1.82) is 0 Å². The Morgan fingerprint density at radius 2 is 1.78 bits per heavy atom. The maximum atomic E-state index is 12.2. The average molecular weight is 536 g/mol. The molecule has 0 fully saturated rings. The van der Waals surface area contributed by atoms with Crippen molar-refractivity contribution in [3.63, 3.8) is 0 Å². The minimum absolute atomic E-state index is 0.263. The van der Waals surface area contributed by atoms with Gasteiger partial charge in [0.1, 0.15) is 6.61 Å². The molecule has 0 aliphatic heterocycles. The zero-order valence-electron chi connectivity index (χ0n) is 17.4. The molecule has 0 saturated carbocycles. The van der Waals surface area contributed by atoms with Gasteiger partial charge in [-0.15, -0.1) is 0 Å². The van der Waals surface area contributed by atoms with Gasteiger partial charge < -0.3 is 9.47 Å². The molecule has 0 spiro atoms. The van der Waals surface area contributed by atoms with Crippen LogP contribution in [0.25, 0.3) is 10.8 Å². The van der Waals surface area contributed by atoms with Crippen molar-refractivity contribution in [3.05, 3.63) is 105 Å². The van der Waals surface area contributed by atoms with Crippen LogP contribution in [0.15, 0.2) is 90.0 Å². The predicted octanol–water partition coefficient (Wildman–Crippen LogP) is 5.80. The minimum atomic E-state index is -0.263. The number of rotatable bonds is 7. The number of fused-ring (bicyclic) bond motifs is 1. The first-order valence-corrected chi connectivity index (χ1v) is 11.1. The number of methoxy groups -OCH3 is 1. The number of benzene rings is 4. The number of hydrogen-bond donors (Lipinski definition) is 1. The maximum Gasteiger partial charge on any atom is 0.271 e.